The Labute approximate surface area is 143 Å². The van der Waals surface area contributed by atoms with Crippen molar-refractivity contribution in [3.8, 4) is 0 Å². The summed E-state index contributed by atoms with van der Waals surface area (Å²) in [4.78, 5) is 15.0. The highest BCUT2D eigenvalue weighted by atomic mass is 16.2. The highest BCUT2D eigenvalue weighted by Crippen LogP contribution is 2.28. The van der Waals surface area contributed by atoms with E-state index in [0.29, 0.717) is 0 Å². The van der Waals surface area contributed by atoms with E-state index in [9.17, 15) is 4.79 Å². The summed E-state index contributed by atoms with van der Waals surface area (Å²) >= 11 is 0. The Kier molecular flexibility index (Phi) is 4.70. The van der Waals surface area contributed by atoms with E-state index in [0.717, 1.165) is 41.8 Å². The highest BCUT2D eigenvalue weighted by molar-refractivity contribution is 6.09. The van der Waals surface area contributed by atoms with Crippen molar-refractivity contribution in [3.63, 3.8) is 0 Å². The van der Waals surface area contributed by atoms with Crippen LogP contribution in [0.4, 0.5) is 5.69 Å². The van der Waals surface area contributed by atoms with Crippen LogP contribution in [-0.2, 0) is 6.54 Å². The molecule has 124 valence electrons. The third-order valence-corrected chi connectivity index (χ3v) is 4.61. The molecule has 0 aliphatic heterocycles. The van der Waals surface area contributed by atoms with E-state index in [1.165, 1.54) is 5.39 Å². The zero-order chi connectivity index (χ0) is 17.1. The first-order valence-electron chi connectivity index (χ1n) is 8.56. The molecule has 3 heteroatoms. The van der Waals surface area contributed by atoms with Crippen LogP contribution in [0.15, 0.2) is 54.6 Å². The van der Waals surface area contributed by atoms with Gasteiger partial charge in [0.15, 0.2) is 0 Å². The molecule has 0 saturated carbocycles. The number of unbranched alkanes of at least 4 members (excludes halogenated alkanes) is 1. The van der Waals surface area contributed by atoms with Crippen LogP contribution in [0.1, 0.15) is 35.8 Å². The molecule has 0 aliphatic carbocycles. The molecular weight excluding hydrogens is 296 g/mol. The van der Waals surface area contributed by atoms with Gasteiger partial charge in [-0.1, -0.05) is 49.7 Å². The molecule has 2 aromatic carbocycles. The zero-order valence-electron chi connectivity index (χ0n) is 14.6. The molecule has 0 atom stereocenters. The minimum Gasteiger partial charge on any atom is -0.336 e. The number of carbonyl (C=O) groups excluding carboxylic acids is 1. The van der Waals surface area contributed by atoms with Gasteiger partial charge >= 0.3 is 0 Å². The first-order chi connectivity index (χ1) is 11.6. The number of anilines is 1. The summed E-state index contributed by atoms with van der Waals surface area (Å²) in [5.74, 6) is 0.0472. The normalized spacial score (nSPS) is 11.0. The van der Waals surface area contributed by atoms with Crippen LogP contribution in [0, 0.1) is 6.92 Å². The minimum atomic E-state index is 0.0472. The summed E-state index contributed by atoms with van der Waals surface area (Å²) < 4.78 is 2.19. The number of aromatic nitrogens is 1. The lowest BCUT2D eigenvalue weighted by Crippen LogP contribution is -2.29. The smallest absolute Gasteiger partial charge is 0.274 e. The number of nitrogens with zero attached hydrogens (tertiary/aromatic N) is 2. The first kappa shape index (κ1) is 16.3. The number of hydrogen-bond acceptors (Lipinski definition) is 1. The highest BCUT2D eigenvalue weighted by Gasteiger charge is 2.23. The van der Waals surface area contributed by atoms with Crippen molar-refractivity contribution in [2.75, 3.05) is 11.9 Å². The van der Waals surface area contributed by atoms with Gasteiger partial charge in [-0.15, -0.1) is 0 Å². The summed E-state index contributed by atoms with van der Waals surface area (Å²) in [6.07, 6.45) is 2.17. The van der Waals surface area contributed by atoms with Crippen LogP contribution in [0.2, 0.25) is 0 Å². The summed E-state index contributed by atoms with van der Waals surface area (Å²) in [7, 11) is 1.85. The van der Waals surface area contributed by atoms with Crippen molar-refractivity contribution in [1.82, 2.24) is 4.57 Å². The number of para-hydroxylation sites is 2. The zero-order valence-corrected chi connectivity index (χ0v) is 14.6. The molecule has 24 heavy (non-hydrogen) atoms. The van der Waals surface area contributed by atoms with Crippen molar-refractivity contribution in [2.24, 2.45) is 0 Å². The van der Waals surface area contributed by atoms with Crippen LogP contribution in [-0.4, -0.2) is 17.5 Å². The molecule has 0 bridgehead atoms. The van der Waals surface area contributed by atoms with Crippen molar-refractivity contribution in [1.29, 1.82) is 0 Å². The predicted molar refractivity (Wildman–Crippen MR) is 101 cm³/mol. The van der Waals surface area contributed by atoms with Crippen LogP contribution >= 0.6 is 0 Å². The SMILES string of the molecule is CCCCn1c(C(=O)N(C)c2ccccc2)c(C)c2ccccc21. The lowest BCUT2D eigenvalue weighted by Gasteiger charge is -2.19. The molecule has 0 N–H and O–H groups in total. The topological polar surface area (TPSA) is 25.2 Å². The van der Waals surface area contributed by atoms with E-state index in [-0.39, 0.29) is 5.91 Å². The first-order valence-corrected chi connectivity index (χ1v) is 8.56. The molecule has 3 aromatic rings. The molecule has 0 unspecified atom stereocenters. The van der Waals surface area contributed by atoms with Gasteiger partial charge < -0.3 is 9.47 Å². The second-order valence-electron chi connectivity index (χ2n) is 6.20. The van der Waals surface area contributed by atoms with Gasteiger partial charge in [0, 0.05) is 30.2 Å². The molecule has 0 aliphatic rings. The number of fused-ring (bicyclic) bond motifs is 1. The van der Waals surface area contributed by atoms with Gasteiger partial charge in [0.05, 0.1) is 0 Å². The van der Waals surface area contributed by atoms with Crippen LogP contribution in [0.5, 0.6) is 0 Å². The van der Waals surface area contributed by atoms with Gasteiger partial charge in [-0.05, 0) is 37.1 Å². The molecule has 3 nitrogen and oxygen atoms in total. The molecule has 1 heterocycles. The quantitative estimate of drug-likeness (QED) is 0.647. The second kappa shape index (κ2) is 6.91. The number of amides is 1. The fourth-order valence-corrected chi connectivity index (χ4v) is 3.23. The van der Waals surface area contributed by atoms with E-state index in [1.54, 1.807) is 4.90 Å². The number of rotatable bonds is 5. The van der Waals surface area contributed by atoms with E-state index in [4.69, 9.17) is 0 Å². The van der Waals surface area contributed by atoms with E-state index < -0.39 is 0 Å². The Bertz CT molecular complexity index is 849. The second-order valence-corrected chi connectivity index (χ2v) is 6.20. The van der Waals surface area contributed by atoms with Crippen LogP contribution < -0.4 is 4.90 Å². The summed E-state index contributed by atoms with van der Waals surface area (Å²) in [6.45, 7) is 5.10. The number of aryl methyl sites for hydroxylation is 2. The molecule has 0 fully saturated rings. The molecular formula is C21H24N2O. The molecule has 1 amide bonds. The van der Waals surface area contributed by atoms with Crippen molar-refractivity contribution < 1.29 is 4.79 Å². The van der Waals surface area contributed by atoms with Crippen LogP contribution in [0.25, 0.3) is 10.9 Å². The fourth-order valence-electron chi connectivity index (χ4n) is 3.23. The largest absolute Gasteiger partial charge is 0.336 e. The molecule has 0 saturated heterocycles. The number of carbonyl (C=O) groups is 1. The lowest BCUT2D eigenvalue weighted by atomic mass is 10.1. The van der Waals surface area contributed by atoms with Gasteiger partial charge in [-0.3, -0.25) is 4.79 Å². The van der Waals surface area contributed by atoms with E-state index in [2.05, 4.69) is 30.5 Å². The average Bonchev–Trinajstić information content (AvgIpc) is 2.92. The maximum Gasteiger partial charge on any atom is 0.274 e. The van der Waals surface area contributed by atoms with Crippen molar-refractivity contribution in [2.45, 2.75) is 33.2 Å². The monoisotopic (exact) mass is 320 g/mol. The fraction of sp³-hybridized carbons (Fsp3) is 0.286. The minimum absolute atomic E-state index is 0.0472. The maximum atomic E-state index is 13.2. The predicted octanol–water partition coefficient (Wildman–Crippen LogP) is 5.03. The van der Waals surface area contributed by atoms with E-state index in [1.807, 2.05) is 49.5 Å². The Morgan fingerprint density at radius 3 is 2.42 bits per heavy atom. The van der Waals surface area contributed by atoms with Gasteiger partial charge in [0.25, 0.3) is 5.91 Å². The average molecular weight is 320 g/mol. The Morgan fingerprint density at radius 2 is 1.71 bits per heavy atom. The van der Waals surface area contributed by atoms with Gasteiger partial charge in [0.1, 0.15) is 5.69 Å². The third kappa shape index (κ3) is 2.82. The summed E-state index contributed by atoms with van der Waals surface area (Å²) in [5, 5.41) is 1.17. The van der Waals surface area contributed by atoms with Gasteiger partial charge in [-0.25, -0.2) is 0 Å². The molecule has 0 spiro atoms. The molecule has 1 aromatic heterocycles. The van der Waals surface area contributed by atoms with Gasteiger partial charge in [0.2, 0.25) is 0 Å². The number of hydrogen-bond donors (Lipinski definition) is 0. The maximum absolute atomic E-state index is 13.2. The standard InChI is InChI=1S/C21H24N2O/c1-4-5-15-23-19-14-10-9-13-18(19)16(2)20(23)21(24)22(3)17-11-7-6-8-12-17/h6-14H,4-5,15H2,1-3H3. The summed E-state index contributed by atoms with van der Waals surface area (Å²) in [6, 6.07) is 18.1. The van der Waals surface area contributed by atoms with Crippen molar-refractivity contribution in [3.05, 3.63) is 65.9 Å². The van der Waals surface area contributed by atoms with E-state index >= 15 is 0 Å². The van der Waals surface area contributed by atoms with Gasteiger partial charge in [-0.2, -0.15) is 0 Å². The Hall–Kier alpha value is -2.55. The Balaban J connectivity index is 2.10. The molecule has 0 radical (unpaired) electrons. The molecule has 3 rings (SSSR count). The van der Waals surface area contributed by atoms with Crippen molar-refractivity contribution >= 4 is 22.5 Å². The number of benzene rings is 2. The van der Waals surface area contributed by atoms with Crippen LogP contribution in [0.3, 0.4) is 0 Å². The third-order valence-electron chi connectivity index (χ3n) is 4.61. The lowest BCUT2D eigenvalue weighted by molar-refractivity contribution is 0.0983. The Morgan fingerprint density at radius 1 is 1.04 bits per heavy atom. The summed E-state index contributed by atoms with van der Waals surface area (Å²) in [5.41, 5.74) is 3.92.